The Morgan fingerprint density at radius 2 is 1.38 bits per heavy atom. The minimum Gasteiger partial charge on any atom is -0.309 e. The van der Waals surface area contributed by atoms with Gasteiger partial charge in [0, 0.05) is 10.9 Å². The molecule has 7 aromatic rings. The molecule has 0 saturated heterocycles. The third-order valence-corrected chi connectivity index (χ3v) is 11.4. The molecule has 2 heterocycles. The van der Waals surface area contributed by atoms with E-state index in [1.807, 2.05) is 19.9 Å². The van der Waals surface area contributed by atoms with Crippen molar-refractivity contribution in [3.05, 3.63) is 203 Å². The molecule has 55 heavy (non-hydrogen) atoms. The lowest BCUT2D eigenvalue weighted by Gasteiger charge is -2.38. The van der Waals surface area contributed by atoms with Gasteiger partial charge in [0.1, 0.15) is 0 Å². The average molecular weight is 712 g/mol. The predicted octanol–water partition coefficient (Wildman–Crippen LogP) is 15.1. The maximum absolute atomic E-state index is 4.30. The lowest BCUT2D eigenvalue weighted by atomic mass is 9.68. The molecule has 0 bridgehead atoms. The van der Waals surface area contributed by atoms with Crippen LogP contribution >= 0.6 is 0 Å². The SMILES string of the molecule is C=Cc1c(/C=C\C)n2c3c(cccc13)C1(C=C(/C=C\C=C/C)c3ccc(-c4ccc5ccccc5c4-c4cccc(C(C)C)c4)cc31)c1ccccc1-2.CC. The Morgan fingerprint density at radius 1 is 0.636 bits per heavy atom. The second-order valence-corrected chi connectivity index (χ2v) is 14.6. The molecule has 1 heteroatoms. The maximum atomic E-state index is 4.30. The van der Waals surface area contributed by atoms with Gasteiger partial charge in [0.25, 0.3) is 0 Å². The Balaban J connectivity index is 0.00000210. The molecule has 1 aliphatic carbocycles. The molecule has 0 N–H and O–H groups in total. The van der Waals surface area contributed by atoms with E-state index in [0.717, 1.165) is 0 Å². The van der Waals surface area contributed by atoms with Gasteiger partial charge >= 0.3 is 0 Å². The molecule has 1 unspecified atom stereocenters. The first-order valence-electron chi connectivity index (χ1n) is 19.8. The number of rotatable bonds is 7. The normalized spacial score (nSPS) is 15.7. The van der Waals surface area contributed by atoms with Gasteiger partial charge in [-0.05, 0) is 104 Å². The number of aromatic nitrogens is 1. The highest BCUT2D eigenvalue weighted by molar-refractivity contribution is 6.06. The van der Waals surface area contributed by atoms with E-state index in [-0.39, 0.29) is 0 Å². The van der Waals surface area contributed by atoms with Crippen LogP contribution in [0.4, 0.5) is 0 Å². The Hall–Kier alpha value is -6.18. The average Bonchev–Trinajstić information content (AvgIpc) is 3.73. The van der Waals surface area contributed by atoms with Crippen LogP contribution in [0.15, 0.2) is 164 Å². The van der Waals surface area contributed by atoms with Crippen molar-refractivity contribution in [3.63, 3.8) is 0 Å². The van der Waals surface area contributed by atoms with Gasteiger partial charge in [-0.3, -0.25) is 0 Å². The zero-order chi connectivity index (χ0) is 38.3. The summed E-state index contributed by atoms with van der Waals surface area (Å²) < 4.78 is 2.47. The van der Waals surface area contributed by atoms with Crippen LogP contribution in [0.3, 0.4) is 0 Å². The van der Waals surface area contributed by atoms with Crippen LogP contribution in [-0.4, -0.2) is 4.57 Å². The topological polar surface area (TPSA) is 4.93 Å². The highest BCUT2D eigenvalue weighted by atomic mass is 15.0. The van der Waals surface area contributed by atoms with Crippen molar-refractivity contribution in [1.29, 1.82) is 0 Å². The number of hydrogen-bond acceptors (Lipinski definition) is 0. The van der Waals surface area contributed by atoms with Crippen molar-refractivity contribution in [1.82, 2.24) is 4.57 Å². The second kappa shape index (κ2) is 14.6. The number of hydrogen-bond donors (Lipinski definition) is 0. The fraction of sp³-hybridized carbons (Fsp3) is 0.148. The van der Waals surface area contributed by atoms with Crippen LogP contribution in [0.25, 0.3) is 67.3 Å². The number of allylic oxidation sites excluding steroid dienone is 7. The summed E-state index contributed by atoms with van der Waals surface area (Å²) in [6, 6.07) is 45.6. The van der Waals surface area contributed by atoms with E-state index in [0.29, 0.717) is 5.92 Å². The second-order valence-electron chi connectivity index (χ2n) is 14.6. The molecular formula is C54H49N. The first kappa shape index (κ1) is 35.8. The van der Waals surface area contributed by atoms with E-state index in [1.165, 1.54) is 94.3 Å². The molecule has 0 radical (unpaired) electrons. The highest BCUT2D eigenvalue weighted by Gasteiger charge is 2.47. The molecule has 0 fully saturated rings. The summed E-state index contributed by atoms with van der Waals surface area (Å²) in [5.41, 5.74) is 17.0. The van der Waals surface area contributed by atoms with Crippen molar-refractivity contribution >= 4 is 39.4 Å². The van der Waals surface area contributed by atoms with Gasteiger partial charge in [0.05, 0.1) is 22.3 Å². The van der Waals surface area contributed by atoms with E-state index in [2.05, 4.69) is 203 Å². The molecule has 270 valence electrons. The van der Waals surface area contributed by atoms with Crippen molar-refractivity contribution < 1.29 is 0 Å². The molecule has 0 saturated carbocycles. The summed E-state index contributed by atoms with van der Waals surface area (Å²) >= 11 is 0. The summed E-state index contributed by atoms with van der Waals surface area (Å²) in [5, 5.41) is 3.75. The van der Waals surface area contributed by atoms with Crippen LogP contribution in [0.1, 0.15) is 86.5 Å². The van der Waals surface area contributed by atoms with Crippen LogP contribution in [0.5, 0.6) is 0 Å². The molecule has 6 aromatic carbocycles. The summed E-state index contributed by atoms with van der Waals surface area (Å²) in [6.45, 7) is 17.0. The van der Waals surface area contributed by atoms with E-state index in [1.54, 1.807) is 0 Å². The van der Waals surface area contributed by atoms with Gasteiger partial charge in [0.2, 0.25) is 0 Å². The van der Waals surface area contributed by atoms with Crippen LogP contribution in [0.2, 0.25) is 0 Å². The summed E-state index contributed by atoms with van der Waals surface area (Å²) in [5.74, 6) is 0.441. The van der Waals surface area contributed by atoms with Crippen LogP contribution in [-0.2, 0) is 5.41 Å². The zero-order valence-corrected chi connectivity index (χ0v) is 32.9. The minimum absolute atomic E-state index is 0.441. The van der Waals surface area contributed by atoms with Gasteiger partial charge in [-0.1, -0.05) is 186 Å². The van der Waals surface area contributed by atoms with Gasteiger partial charge in [0.15, 0.2) is 0 Å². The third kappa shape index (κ3) is 5.52. The molecular weight excluding hydrogens is 663 g/mol. The summed E-state index contributed by atoms with van der Waals surface area (Å²) in [6.07, 6.45) is 17.6. The Labute approximate surface area is 327 Å². The monoisotopic (exact) mass is 711 g/mol. The fourth-order valence-corrected chi connectivity index (χ4v) is 9.04. The van der Waals surface area contributed by atoms with Crippen LogP contribution in [0, 0.1) is 0 Å². The number of fused-ring (bicyclic) bond motifs is 7. The third-order valence-electron chi connectivity index (χ3n) is 11.4. The van der Waals surface area contributed by atoms with Gasteiger partial charge in [-0.2, -0.15) is 0 Å². The molecule has 0 amide bonds. The number of benzene rings is 6. The van der Waals surface area contributed by atoms with Gasteiger partial charge < -0.3 is 4.57 Å². The first-order chi connectivity index (χ1) is 27.0. The van der Waals surface area contributed by atoms with Gasteiger partial charge in [-0.25, -0.2) is 0 Å². The summed E-state index contributed by atoms with van der Waals surface area (Å²) in [7, 11) is 0. The van der Waals surface area contributed by atoms with Crippen molar-refractivity contribution in [2.24, 2.45) is 0 Å². The molecule has 1 spiro atoms. The smallest absolute Gasteiger partial charge is 0.0688 e. The van der Waals surface area contributed by atoms with E-state index in [4.69, 9.17) is 0 Å². The zero-order valence-electron chi connectivity index (χ0n) is 32.9. The standard InChI is InChI=1S/C52H43N.C2H6/c1-6-9-10-19-39-33-52(45-24-13-14-26-49(45)53-48(17-7-2)40(8-3)44-23-16-25-46(52)51(44)53)47-32-37(28-29-41(39)47)43-30-27-35-18-11-12-22-42(35)50(43)38-21-15-20-36(31-38)34(4)5;1-2/h6-34H,3H2,1-2,4-5H3;1-2H3/b9-6-,17-7-,19-10-;. The first-order valence-corrected chi connectivity index (χ1v) is 19.8. The van der Waals surface area contributed by atoms with Crippen molar-refractivity contribution in [2.45, 2.75) is 52.9 Å². The maximum Gasteiger partial charge on any atom is 0.0688 e. The minimum atomic E-state index is -0.508. The molecule has 9 rings (SSSR count). The lowest BCUT2D eigenvalue weighted by Crippen LogP contribution is -2.31. The van der Waals surface area contributed by atoms with Crippen molar-refractivity contribution in [3.8, 4) is 27.9 Å². The van der Waals surface area contributed by atoms with Crippen molar-refractivity contribution in [2.75, 3.05) is 0 Å². The molecule has 1 atom stereocenters. The quantitative estimate of drug-likeness (QED) is 0.145. The molecule has 1 nitrogen and oxygen atoms in total. The van der Waals surface area contributed by atoms with E-state index >= 15 is 0 Å². The Kier molecular flexibility index (Phi) is 9.49. The highest BCUT2D eigenvalue weighted by Crippen LogP contribution is 2.57. The molecule has 1 aromatic heterocycles. The van der Waals surface area contributed by atoms with E-state index < -0.39 is 5.41 Å². The Bertz CT molecular complexity index is 2740. The summed E-state index contributed by atoms with van der Waals surface area (Å²) in [4.78, 5) is 0. The Morgan fingerprint density at radius 3 is 2.18 bits per heavy atom. The lowest BCUT2D eigenvalue weighted by molar-refractivity contribution is 0.766. The largest absolute Gasteiger partial charge is 0.309 e. The number of nitrogens with zero attached hydrogens (tertiary/aromatic N) is 1. The number of para-hydroxylation sites is 2. The molecule has 1 aliphatic heterocycles. The van der Waals surface area contributed by atoms with E-state index in [9.17, 15) is 0 Å². The molecule has 2 aliphatic rings. The fourth-order valence-electron chi connectivity index (χ4n) is 9.04. The van der Waals surface area contributed by atoms with Gasteiger partial charge in [-0.15, -0.1) is 0 Å². The predicted molar refractivity (Wildman–Crippen MR) is 240 cm³/mol. The van der Waals surface area contributed by atoms with Crippen LogP contribution < -0.4 is 0 Å².